The van der Waals surface area contributed by atoms with E-state index in [1.54, 1.807) is 30.6 Å². The van der Waals surface area contributed by atoms with Crippen LogP contribution in [0.5, 0.6) is 0 Å². The summed E-state index contributed by atoms with van der Waals surface area (Å²) < 4.78 is 5.64. The number of nitriles is 1. The van der Waals surface area contributed by atoms with Crippen molar-refractivity contribution in [2.24, 2.45) is 0 Å². The molecule has 6 nitrogen and oxygen atoms in total. The zero-order valence-electron chi connectivity index (χ0n) is 13.6. The molecule has 0 unspecified atom stereocenters. The van der Waals surface area contributed by atoms with E-state index >= 15 is 0 Å². The van der Waals surface area contributed by atoms with Gasteiger partial charge in [-0.2, -0.15) is 5.26 Å². The van der Waals surface area contributed by atoms with Crippen molar-refractivity contribution in [3.05, 3.63) is 41.9 Å². The number of hydrogen-bond donors (Lipinski definition) is 1. The predicted molar refractivity (Wildman–Crippen MR) is 93.5 cm³/mol. The van der Waals surface area contributed by atoms with Crippen LogP contribution >= 0.6 is 11.8 Å². The minimum absolute atomic E-state index is 0.0486. The fourth-order valence-electron chi connectivity index (χ4n) is 2.70. The lowest BCUT2D eigenvalue weighted by Gasteiger charge is -2.22. The molecule has 1 aliphatic carbocycles. The molecule has 2 aromatic rings. The first-order chi connectivity index (χ1) is 12.2. The van der Waals surface area contributed by atoms with E-state index in [0.29, 0.717) is 16.0 Å². The zero-order valence-corrected chi connectivity index (χ0v) is 14.5. The summed E-state index contributed by atoms with van der Waals surface area (Å²) in [5, 5.41) is 13.4. The Balaban J connectivity index is 1.65. The Morgan fingerprint density at radius 3 is 2.76 bits per heavy atom. The molecule has 7 heteroatoms. The normalized spacial score (nSPS) is 15.6. The van der Waals surface area contributed by atoms with Gasteiger partial charge in [0.1, 0.15) is 17.4 Å². The molecule has 0 aromatic carbocycles. The van der Waals surface area contributed by atoms with Crippen LogP contribution in [0.3, 0.4) is 0 Å². The summed E-state index contributed by atoms with van der Waals surface area (Å²) in [5.74, 6) is 0.111. The van der Waals surface area contributed by atoms with Gasteiger partial charge in [-0.1, -0.05) is 19.3 Å². The Kier molecular flexibility index (Phi) is 5.86. The molecule has 3 rings (SSSR count). The van der Waals surface area contributed by atoms with Gasteiger partial charge in [0.2, 0.25) is 0 Å². The quantitative estimate of drug-likeness (QED) is 0.501. The van der Waals surface area contributed by atoms with Crippen molar-refractivity contribution < 1.29 is 9.21 Å². The number of carbonyl (C=O) groups is 1. The van der Waals surface area contributed by atoms with Gasteiger partial charge in [-0.05, 0) is 42.8 Å². The number of aromatic nitrogens is 2. The van der Waals surface area contributed by atoms with Gasteiger partial charge >= 0.3 is 0 Å². The molecule has 0 saturated heterocycles. The molecule has 1 amide bonds. The Bertz CT molecular complexity index is 789. The molecule has 0 atom stereocenters. The molecule has 1 N–H and O–H groups in total. The Morgan fingerprint density at radius 2 is 2.04 bits per heavy atom. The first-order valence-electron chi connectivity index (χ1n) is 8.22. The van der Waals surface area contributed by atoms with Gasteiger partial charge in [0, 0.05) is 24.5 Å². The minimum atomic E-state index is -0.341. The molecule has 2 aromatic heterocycles. The molecule has 128 valence electrons. The van der Waals surface area contributed by atoms with Crippen molar-refractivity contribution in [2.45, 2.75) is 48.4 Å². The molecule has 0 radical (unpaired) electrons. The number of rotatable bonds is 5. The second kappa shape index (κ2) is 8.49. The highest BCUT2D eigenvalue weighted by molar-refractivity contribution is 7.99. The van der Waals surface area contributed by atoms with E-state index in [1.165, 1.54) is 24.3 Å². The average Bonchev–Trinajstić information content (AvgIpc) is 3.08. The lowest BCUT2D eigenvalue weighted by molar-refractivity contribution is -0.117. The molecular weight excluding hydrogens is 336 g/mol. The first kappa shape index (κ1) is 17.2. The SMILES string of the molecule is N#C/C(=C\c1ccc(Sc2ncccn2)o1)C(=O)NC1CCCCC1. The molecule has 0 spiro atoms. The van der Waals surface area contributed by atoms with Crippen LogP contribution in [0.1, 0.15) is 37.9 Å². The van der Waals surface area contributed by atoms with E-state index in [2.05, 4.69) is 15.3 Å². The van der Waals surface area contributed by atoms with E-state index < -0.39 is 0 Å². The molecule has 1 saturated carbocycles. The van der Waals surface area contributed by atoms with Gasteiger partial charge < -0.3 is 9.73 Å². The summed E-state index contributed by atoms with van der Waals surface area (Å²) in [5.41, 5.74) is 0.0486. The maximum absolute atomic E-state index is 12.3. The monoisotopic (exact) mass is 354 g/mol. The maximum atomic E-state index is 12.3. The zero-order chi connectivity index (χ0) is 17.5. The number of hydrogen-bond acceptors (Lipinski definition) is 6. The van der Waals surface area contributed by atoms with Crippen molar-refractivity contribution >= 4 is 23.7 Å². The standard InChI is InChI=1S/C18H18N4O2S/c19-12-13(17(23)22-14-5-2-1-3-6-14)11-15-7-8-16(24-15)25-18-20-9-4-10-21-18/h4,7-11,14H,1-3,5-6H2,(H,22,23)/b13-11+. The molecule has 1 aliphatic rings. The summed E-state index contributed by atoms with van der Waals surface area (Å²) in [4.78, 5) is 20.5. The van der Waals surface area contributed by atoms with E-state index in [9.17, 15) is 10.1 Å². The van der Waals surface area contributed by atoms with Gasteiger partial charge in [-0.25, -0.2) is 9.97 Å². The molecule has 25 heavy (non-hydrogen) atoms. The summed E-state index contributed by atoms with van der Waals surface area (Å²) in [6.07, 6.45) is 10.2. The van der Waals surface area contributed by atoms with Crippen LogP contribution in [0.25, 0.3) is 6.08 Å². The van der Waals surface area contributed by atoms with Gasteiger partial charge in [-0.15, -0.1) is 0 Å². The van der Waals surface area contributed by atoms with E-state index in [0.717, 1.165) is 25.7 Å². The number of nitrogens with one attached hydrogen (secondary N) is 1. The van der Waals surface area contributed by atoms with E-state index in [4.69, 9.17) is 4.42 Å². The van der Waals surface area contributed by atoms with E-state index in [-0.39, 0.29) is 17.5 Å². The molecule has 1 fully saturated rings. The molecule has 0 bridgehead atoms. The van der Waals surface area contributed by atoms with E-state index in [1.807, 2.05) is 6.07 Å². The second-order valence-corrected chi connectivity index (χ2v) is 6.74. The van der Waals surface area contributed by atoms with Crippen LogP contribution in [0.4, 0.5) is 0 Å². The topological polar surface area (TPSA) is 91.8 Å². The predicted octanol–water partition coefficient (Wildman–Crippen LogP) is 3.58. The number of amides is 1. The third-order valence-electron chi connectivity index (χ3n) is 3.93. The average molecular weight is 354 g/mol. The third-order valence-corrected chi connectivity index (χ3v) is 4.74. The van der Waals surface area contributed by atoms with Crippen LogP contribution in [0.2, 0.25) is 0 Å². The maximum Gasteiger partial charge on any atom is 0.262 e. The van der Waals surface area contributed by atoms with Crippen molar-refractivity contribution in [1.82, 2.24) is 15.3 Å². The highest BCUT2D eigenvalue weighted by Crippen LogP contribution is 2.27. The summed E-state index contributed by atoms with van der Waals surface area (Å²) in [6.45, 7) is 0. The largest absolute Gasteiger partial charge is 0.450 e. The number of furan rings is 1. The van der Waals surface area contributed by atoms with Crippen molar-refractivity contribution in [2.75, 3.05) is 0 Å². The Morgan fingerprint density at radius 1 is 1.28 bits per heavy atom. The summed E-state index contributed by atoms with van der Waals surface area (Å²) in [7, 11) is 0. The lowest BCUT2D eigenvalue weighted by Crippen LogP contribution is -2.36. The van der Waals surface area contributed by atoms with Crippen LogP contribution in [0.15, 0.2) is 50.8 Å². The summed E-state index contributed by atoms with van der Waals surface area (Å²) in [6, 6.07) is 7.34. The number of carbonyl (C=O) groups excluding carboxylic acids is 1. The van der Waals surface area contributed by atoms with Crippen molar-refractivity contribution in [3.63, 3.8) is 0 Å². The smallest absolute Gasteiger partial charge is 0.262 e. The second-order valence-electron chi connectivity index (χ2n) is 5.77. The highest BCUT2D eigenvalue weighted by Gasteiger charge is 2.18. The fraction of sp³-hybridized carbons (Fsp3) is 0.333. The summed E-state index contributed by atoms with van der Waals surface area (Å²) >= 11 is 1.28. The number of nitrogens with zero attached hydrogens (tertiary/aromatic N) is 3. The first-order valence-corrected chi connectivity index (χ1v) is 9.03. The van der Waals surface area contributed by atoms with Gasteiger partial charge in [0.15, 0.2) is 10.2 Å². The fourth-order valence-corrected chi connectivity index (χ4v) is 3.38. The van der Waals surface area contributed by atoms with Crippen molar-refractivity contribution in [3.8, 4) is 6.07 Å². The third kappa shape index (κ3) is 4.94. The van der Waals surface area contributed by atoms with Crippen LogP contribution in [-0.2, 0) is 4.79 Å². The van der Waals surface area contributed by atoms with Gasteiger partial charge in [0.25, 0.3) is 5.91 Å². The van der Waals surface area contributed by atoms with Crippen LogP contribution < -0.4 is 5.32 Å². The van der Waals surface area contributed by atoms with Crippen LogP contribution in [-0.4, -0.2) is 21.9 Å². The molecule has 2 heterocycles. The molecule has 0 aliphatic heterocycles. The Hall–Kier alpha value is -2.59. The highest BCUT2D eigenvalue weighted by atomic mass is 32.2. The molecular formula is C18H18N4O2S. The van der Waals surface area contributed by atoms with Crippen molar-refractivity contribution in [1.29, 1.82) is 5.26 Å². The van der Waals surface area contributed by atoms with Gasteiger partial charge in [0.05, 0.1) is 0 Å². The van der Waals surface area contributed by atoms with Crippen LogP contribution in [0, 0.1) is 11.3 Å². The lowest BCUT2D eigenvalue weighted by atomic mass is 9.95. The van der Waals surface area contributed by atoms with Gasteiger partial charge in [-0.3, -0.25) is 4.79 Å². The Labute approximate surface area is 150 Å². The minimum Gasteiger partial charge on any atom is -0.450 e.